The Morgan fingerprint density at radius 2 is 2.03 bits per heavy atom. The van der Waals surface area contributed by atoms with Crippen molar-refractivity contribution in [3.05, 3.63) is 52.7 Å². The lowest BCUT2D eigenvalue weighted by atomic mass is 10.1. The molecule has 170 valence electrons. The quantitative estimate of drug-likeness (QED) is 0.528. The standard InChI is InChI=1S/C25H32N4O3/c1-4-6-7-22-20-13-21(24(30)14-23(20)27-26-22)25(31)29-15-17-8-9-19(12-18(17)16-29)32-11-10-28(3)5-2/h8-9,12-14,30H,4-7,10-11,15-16H2,1-3H3,(H,26,27). The van der Waals surface area contributed by atoms with E-state index in [2.05, 4.69) is 36.0 Å². The summed E-state index contributed by atoms with van der Waals surface area (Å²) >= 11 is 0. The Kier molecular flexibility index (Phi) is 6.65. The molecule has 0 fully saturated rings. The van der Waals surface area contributed by atoms with Crippen molar-refractivity contribution in [1.82, 2.24) is 20.0 Å². The average molecular weight is 437 g/mol. The molecule has 7 nitrogen and oxygen atoms in total. The highest BCUT2D eigenvalue weighted by molar-refractivity contribution is 6.01. The van der Waals surface area contributed by atoms with Crippen LogP contribution in [0.4, 0.5) is 0 Å². The van der Waals surface area contributed by atoms with Crippen LogP contribution in [0.25, 0.3) is 10.9 Å². The minimum absolute atomic E-state index is 0.0202. The first kappa shape index (κ1) is 22.1. The molecule has 32 heavy (non-hydrogen) atoms. The van der Waals surface area contributed by atoms with E-state index in [0.717, 1.165) is 65.8 Å². The maximum atomic E-state index is 13.3. The second-order valence-corrected chi connectivity index (χ2v) is 8.52. The second kappa shape index (κ2) is 9.61. The first-order valence-electron chi connectivity index (χ1n) is 11.4. The first-order chi connectivity index (χ1) is 15.5. The number of carbonyl (C=O) groups is 1. The lowest BCUT2D eigenvalue weighted by Crippen LogP contribution is -2.25. The van der Waals surface area contributed by atoms with Crippen molar-refractivity contribution in [2.75, 3.05) is 26.7 Å². The van der Waals surface area contributed by atoms with Crippen LogP contribution in [0.5, 0.6) is 11.5 Å². The van der Waals surface area contributed by atoms with Crippen molar-refractivity contribution in [1.29, 1.82) is 0 Å². The molecule has 0 bridgehead atoms. The summed E-state index contributed by atoms with van der Waals surface area (Å²) in [4.78, 5) is 17.3. The molecule has 0 radical (unpaired) electrons. The molecule has 1 aliphatic heterocycles. The van der Waals surface area contributed by atoms with Crippen molar-refractivity contribution in [3.63, 3.8) is 0 Å². The SMILES string of the molecule is CCCCc1n[nH]c2cc(O)c(C(=O)N3Cc4ccc(OCCN(C)CC)cc4C3)cc12. The van der Waals surface area contributed by atoms with Gasteiger partial charge in [-0.1, -0.05) is 26.3 Å². The third-order valence-corrected chi connectivity index (χ3v) is 6.22. The molecule has 2 N–H and O–H groups in total. The summed E-state index contributed by atoms with van der Waals surface area (Å²) in [6, 6.07) is 9.41. The van der Waals surface area contributed by atoms with E-state index < -0.39 is 0 Å². The van der Waals surface area contributed by atoms with Gasteiger partial charge in [0.1, 0.15) is 18.1 Å². The first-order valence-corrected chi connectivity index (χ1v) is 11.4. The molecule has 1 amide bonds. The molecule has 0 saturated heterocycles. The third-order valence-electron chi connectivity index (χ3n) is 6.22. The van der Waals surface area contributed by atoms with Gasteiger partial charge in [0.15, 0.2) is 0 Å². The number of likely N-dealkylation sites (N-methyl/N-ethyl adjacent to an activating group) is 1. The molecule has 1 aliphatic rings. The van der Waals surface area contributed by atoms with Crippen LogP contribution in [0.2, 0.25) is 0 Å². The molecular weight excluding hydrogens is 404 g/mol. The maximum Gasteiger partial charge on any atom is 0.258 e. The van der Waals surface area contributed by atoms with Crippen LogP contribution in [-0.4, -0.2) is 57.8 Å². The molecule has 2 heterocycles. The number of amides is 1. The highest BCUT2D eigenvalue weighted by Crippen LogP contribution is 2.32. The Hall–Kier alpha value is -3.06. The van der Waals surface area contributed by atoms with E-state index in [4.69, 9.17) is 4.74 Å². The molecule has 0 saturated carbocycles. The van der Waals surface area contributed by atoms with Gasteiger partial charge in [-0.3, -0.25) is 9.89 Å². The van der Waals surface area contributed by atoms with Gasteiger partial charge in [-0.25, -0.2) is 0 Å². The third kappa shape index (κ3) is 4.58. The predicted octanol–water partition coefficient (Wildman–Crippen LogP) is 4.10. The van der Waals surface area contributed by atoms with Crippen molar-refractivity contribution >= 4 is 16.8 Å². The van der Waals surface area contributed by atoms with Gasteiger partial charge >= 0.3 is 0 Å². The highest BCUT2D eigenvalue weighted by atomic mass is 16.5. The number of ether oxygens (including phenoxy) is 1. The van der Waals surface area contributed by atoms with Gasteiger partial charge in [0.25, 0.3) is 5.91 Å². The number of aromatic nitrogens is 2. The van der Waals surface area contributed by atoms with Crippen molar-refractivity contribution in [2.24, 2.45) is 0 Å². The van der Waals surface area contributed by atoms with Crippen LogP contribution in [0.15, 0.2) is 30.3 Å². The number of phenolic OH excluding ortho intramolecular Hbond substituents is 1. The van der Waals surface area contributed by atoms with Crippen molar-refractivity contribution in [2.45, 2.75) is 46.2 Å². The Morgan fingerprint density at radius 3 is 2.81 bits per heavy atom. The molecule has 1 aromatic heterocycles. The molecule has 2 aromatic carbocycles. The van der Waals surface area contributed by atoms with Gasteiger partial charge in [-0.05, 0) is 55.8 Å². The summed E-state index contributed by atoms with van der Waals surface area (Å²) in [5, 5.41) is 18.8. The zero-order valence-electron chi connectivity index (χ0n) is 19.1. The topological polar surface area (TPSA) is 81.7 Å². The fourth-order valence-corrected chi connectivity index (χ4v) is 4.07. The number of nitrogens with zero attached hydrogens (tertiary/aromatic N) is 3. The Labute approximate surface area is 189 Å². The summed E-state index contributed by atoms with van der Waals surface area (Å²) < 4.78 is 5.89. The highest BCUT2D eigenvalue weighted by Gasteiger charge is 2.27. The van der Waals surface area contributed by atoms with Gasteiger partial charge in [-0.2, -0.15) is 5.10 Å². The largest absolute Gasteiger partial charge is 0.507 e. The van der Waals surface area contributed by atoms with Gasteiger partial charge in [0.05, 0.1) is 16.8 Å². The number of phenols is 1. The number of carbonyl (C=O) groups excluding carboxylic acids is 1. The summed E-state index contributed by atoms with van der Waals surface area (Å²) in [6.45, 7) is 7.78. The summed E-state index contributed by atoms with van der Waals surface area (Å²) in [5.74, 6) is 0.634. The van der Waals surface area contributed by atoms with E-state index in [0.29, 0.717) is 25.3 Å². The smallest absolute Gasteiger partial charge is 0.258 e. The molecular formula is C25H32N4O3. The van der Waals surface area contributed by atoms with Crippen LogP contribution in [0.1, 0.15) is 53.9 Å². The van der Waals surface area contributed by atoms with Crippen LogP contribution in [-0.2, 0) is 19.5 Å². The van der Waals surface area contributed by atoms with E-state index in [1.807, 2.05) is 18.2 Å². The van der Waals surface area contributed by atoms with E-state index in [-0.39, 0.29) is 11.7 Å². The number of aromatic amines is 1. The Balaban J connectivity index is 1.48. The summed E-state index contributed by atoms with van der Waals surface area (Å²) in [6.07, 6.45) is 2.96. The van der Waals surface area contributed by atoms with Crippen LogP contribution in [0, 0.1) is 0 Å². The van der Waals surface area contributed by atoms with Gasteiger partial charge in [-0.15, -0.1) is 0 Å². The van der Waals surface area contributed by atoms with E-state index in [1.54, 1.807) is 17.0 Å². The number of nitrogens with one attached hydrogen (secondary N) is 1. The number of benzene rings is 2. The van der Waals surface area contributed by atoms with Crippen LogP contribution in [0.3, 0.4) is 0 Å². The molecule has 0 unspecified atom stereocenters. The number of fused-ring (bicyclic) bond motifs is 2. The minimum atomic E-state index is -0.171. The van der Waals surface area contributed by atoms with E-state index in [1.165, 1.54) is 0 Å². The van der Waals surface area contributed by atoms with Crippen LogP contribution < -0.4 is 4.74 Å². The summed E-state index contributed by atoms with van der Waals surface area (Å²) in [5.41, 5.74) is 4.22. The van der Waals surface area contributed by atoms with Gasteiger partial charge in [0.2, 0.25) is 0 Å². The van der Waals surface area contributed by atoms with Crippen molar-refractivity contribution in [3.8, 4) is 11.5 Å². The number of H-pyrrole nitrogens is 1. The molecule has 4 rings (SSSR count). The molecule has 7 heteroatoms. The number of aromatic hydroxyl groups is 1. The number of unbranched alkanes of at least 4 members (excludes halogenated alkanes) is 1. The van der Waals surface area contributed by atoms with Gasteiger partial charge in [0, 0.05) is 31.1 Å². The number of hydrogen-bond donors (Lipinski definition) is 2. The summed E-state index contributed by atoms with van der Waals surface area (Å²) in [7, 11) is 2.07. The number of hydrogen-bond acceptors (Lipinski definition) is 5. The molecule has 0 aliphatic carbocycles. The number of aryl methyl sites for hydroxylation is 1. The normalized spacial score (nSPS) is 13.2. The van der Waals surface area contributed by atoms with E-state index in [9.17, 15) is 9.90 Å². The van der Waals surface area contributed by atoms with E-state index >= 15 is 0 Å². The van der Waals surface area contributed by atoms with Crippen molar-refractivity contribution < 1.29 is 14.6 Å². The monoisotopic (exact) mass is 436 g/mol. The molecule has 0 atom stereocenters. The zero-order chi connectivity index (χ0) is 22.7. The van der Waals surface area contributed by atoms with Gasteiger partial charge < -0.3 is 19.6 Å². The average Bonchev–Trinajstić information content (AvgIpc) is 3.39. The number of rotatable bonds is 9. The zero-order valence-corrected chi connectivity index (χ0v) is 19.1. The Bertz CT molecular complexity index is 1110. The fraction of sp³-hybridized carbons (Fsp3) is 0.440. The molecule has 3 aromatic rings. The lowest BCUT2D eigenvalue weighted by Gasteiger charge is -2.16. The van der Waals surface area contributed by atoms with Crippen LogP contribution >= 0.6 is 0 Å². The second-order valence-electron chi connectivity index (χ2n) is 8.52. The lowest BCUT2D eigenvalue weighted by molar-refractivity contribution is 0.0748. The predicted molar refractivity (Wildman–Crippen MR) is 125 cm³/mol. The Morgan fingerprint density at radius 1 is 1.22 bits per heavy atom. The fourth-order valence-electron chi connectivity index (χ4n) is 4.07. The molecule has 0 spiro atoms. The minimum Gasteiger partial charge on any atom is -0.507 e. The maximum absolute atomic E-state index is 13.3.